The first-order valence-corrected chi connectivity index (χ1v) is 10.3. The number of unbranched alkanes of at least 4 members (excludes halogenated alkanes) is 1. The van der Waals surface area contributed by atoms with Crippen LogP contribution in [-0.2, 0) is 13.0 Å². The van der Waals surface area contributed by atoms with Crippen LogP contribution in [0.5, 0.6) is 0 Å². The Morgan fingerprint density at radius 3 is 2.79 bits per heavy atom. The van der Waals surface area contributed by atoms with Gasteiger partial charge in [-0.15, -0.1) is 0 Å². The molecule has 1 aliphatic rings. The van der Waals surface area contributed by atoms with E-state index in [-0.39, 0.29) is 5.91 Å². The lowest BCUT2D eigenvalue weighted by Crippen LogP contribution is -2.35. The van der Waals surface area contributed by atoms with Crippen molar-refractivity contribution < 1.29 is 4.79 Å². The van der Waals surface area contributed by atoms with E-state index in [1.807, 2.05) is 29.5 Å². The van der Waals surface area contributed by atoms with Gasteiger partial charge in [0, 0.05) is 24.5 Å². The van der Waals surface area contributed by atoms with E-state index in [1.165, 1.54) is 11.1 Å². The number of amides is 1. The molecule has 0 fully saturated rings. The number of nitrogens with zero attached hydrogens (tertiary/aromatic N) is 4. The van der Waals surface area contributed by atoms with Crippen molar-refractivity contribution in [1.82, 2.24) is 14.8 Å². The number of pyridine rings is 1. The van der Waals surface area contributed by atoms with Crippen LogP contribution in [0.2, 0.25) is 0 Å². The van der Waals surface area contributed by atoms with E-state index >= 15 is 0 Å². The van der Waals surface area contributed by atoms with Crippen LogP contribution in [0, 0.1) is 20.8 Å². The Morgan fingerprint density at radius 1 is 1.18 bits per heavy atom. The molecule has 3 heterocycles. The van der Waals surface area contributed by atoms with E-state index in [2.05, 4.69) is 32.0 Å². The van der Waals surface area contributed by atoms with Crippen LogP contribution in [0.3, 0.4) is 0 Å². The van der Waals surface area contributed by atoms with Gasteiger partial charge in [0.2, 0.25) is 0 Å². The molecule has 5 nitrogen and oxygen atoms in total. The van der Waals surface area contributed by atoms with E-state index in [1.54, 1.807) is 0 Å². The standard InChI is InChI=1S/C23H28N4O/c1-5-6-12-27-22-21(17(4)25-27)19(14-16(3)24-22)23(28)26-11-7-8-18-13-15(2)9-10-20(18)26/h9-10,13-14H,5-8,11-12H2,1-4H3. The quantitative estimate of drug-likeness (QED) is 0.660. The van der Waals surface area contributed by atoms with Crippen LogP contribution in [0.4, 0.5) is 5.69 Å². The summed E-state index contributed by atoms with van der Waals surface area (Å²) in [5, 5.41) is 5.59. The molecule has 1 amide bonds. The molecular formula is C23H28N4O. The van der Waals surface area contributed by atoms with Gasteiger partial charge in [0.1, 0.15) is 0 Å². The van der Waals surface area contributed by atoms with Gasteiger partial charge in [-0.2, -0.15) is 5.10 Å². The predicted molar refractivity (Wildman–Crippen MR) is 113 cm³/mol. The summed E-state index contributed by atoms with van der Waals surface area (Å²) in [6, 6.07) is 8.30. The average molecular weight is 377 g/mol. The van der Waals surface area contributed by atoms with Gasteiger partial charge in [0.15, 0.2) is 5.65 Å². The number of carbonyl (C=O) groups excluding carboxylic acids is 1. The average Bonchev–Trinajstić information content (AvgIpc) is 2.99. The zero-order valence-electron chi connectivity index (χ0n) is 17.2. The number of rotatable bonds is 4. The van der Waals surface area contributed by atoms with E-state index in [9.17, 15) is 4.79 Å². The molecule has 146 valence electrons. The lowest BCUT2D eigenvalue weighted by Gasteiger charge is -2.30. The Bertz CT molecular complexity index is 1050. The fourth-order valence-electron chi connectivity index (χ4n) is 4.19. The molecule has 0 bridgehead atoms. The number of fused-ring (bicyclic) bond motifs is 2. The topological polar surface area (TPSA) is 51.0 Å². The summed E-state index contributed by atoms with van der Waals surface area (Å²) in [5.41, 5.74) is 6.82. The molecule has 0 atom stereocenters. The van der Waals surface area contributed by atoms with Crippen molar-refractivity contribution in [2.75, 3.05) is 11.4 Å². The summed E-state index contributed by atoms with van der Waals surface area (Å²) < 4.78 is 1.96. The van der Waals surface area contributed by atoms with Crippen LogP contribution in [0.15, 0.2) is 24.3 Å². The third-order valence-electron chi connectivity index (χ3n) is 5.56. The first kappa shape index (κ1) is 18.7. The summed E-state index contributed by atoms with van der Waals surface area (Å²) in [4.78, 5) is 20.3. The van der Waals surface area contributed by atoms with Crippen molar-refractivity contribution in [3.05, 3.63) is 52.3 Å². The second kappa shape index (κ2) is 7.38. The largest absolute Gasteiger partial charge is 0.308 e. The fourth-order valence-corrected chi connectivity index (χ4v) is 4.19. The Kier molecular flexibility index (Phi) is 4.92. The highest BCUT2D eigenvalue weighted by Gasteiger charge is 2.27. The highest BCUT2D eigenvalue weighted by Crippen LogP contribution is 2.31. The molecule has 3 aromatic rings. The molecule has 2 aromatic heterocycles. The number of hydrogen-bond donors (Lipinski definition) is 0. The number of aryl methyl sites for hydroxylation is 5. The SMILES string of the molecule is CCCCn1nc(C)c2c(C(=O)N3CCCc4cc(C)ccc43)cc(C)nc21. The molecule has 5 heteroatoms. The van der Waals surface area contributed by atoms with E-state index in [4.69, 9.17) is 10.1 Å². The molecule has 4 rings (SSSR count). The van der Waals surface area contributed by atoms with Crippen LogP contribution < -0.4 is 4.90 Å². The van der Waals surface area contributed by atoms with Gasteiger partial charge in [0.05, 0.1) is 16.6 Å². The van der Waals surface area contributed by atoms with Crippen LogP contribution >= 0.6 is 0 Å². The first-order chi connectivity index (χ1) is 13.5. The fraction of sp³-hybridized carbons (Fsp3) is 0.435. The van der Waals surface area contributed by atoms with Crippen molar-refractivity contribution in [3.8, 4) is 0 Å². The Balaban J connectivity index is 1.82. The summed E-state index contributed by atoms with van der Waals surface area (Å²) in [6.07, 6.45) is 4.17. The number of benzene rings is 1. The lowest BCUT2D eigenvalue weighted by atomic mass is 9.98. The maximum absolute atomic E-state index is 13.7. The van der Waals surface area contributed by atoms with E-state index in [0.29, 0.717) is 0 Å². The maximum Gasteiger partial charge on any atom is 0.259 e. The van der Waals surface area contributed by atoms with Crippen LogP contribution in [0.1, 0.15) is 59.1 Å². The minimum Gasteiger partial charge on any atom is -0.308 e. The van der Waals surface area contributed by atoms with Gasteiger partial charge in [-0.1, -0.05) is 31.0 Å². The van der Waals surface area contributed by atoms with Crippen molar-refractivity contribution >= 4 is 22.6 Å². The van der Waals surface area contributed by atoms with Gasteiger partial charge >= 0.3 is 0 Å². The van der Waals surface area contributed by atoms with Gasteiger partial charge < -0.3 is 4.90 Å². The van der Waals surface area contributed by atoms with E-state index in [0.717, 1.165) is 72.4 Å². The molecule has 0 N–H and O–H groups in total. The second-order valence-corrected chi connectivity index (χ2v) is 7.86. The van der Waals surface area contributed by atoms with Crippen molar-refractivity contribution in [3.63, 3.8) is 0 Å². The lowest BCUT2D eigenvalue weighted by molar-refractivity contribution is 0.0986. The van der Waals surface area contributed by atoms with E-state index < -0.39 is 0 Å². The predicted octanol–water partition coefficient (Wildman–Crippen LogP) is 4.75. The molecule has 0 aliphatic carbocycles. The van der Waals surface area contributed by atoms with Crippen molar-refractivity contribution in [2.24, 2.45) is 0 Å². The molecule has 0 radical (unpaired) electrons. The third-order valence-corrected chi connectivity index (χ3v) is 5.56. The Hall–Kier alpha value is -2.69. The molecule has 0 saturated carbocycles. The Labute approximate surface area is 166 Å². The minimum absolute atomic E-state index is 0.0541. The summed E-state index contributed by atoms with van der Waals surface area (Å²) in [5.74, 6) is 0.0541. The van der Waals surface area contributed by atoms with Crippen LogP contribution in [-0.4, -0.2) is 27.2 Å². The molecular weight excluding hydrogens is 348 g/mol. The zero-order chi connectivity index (χ0) is 19.8. The summed E-state index contributed by atoms with van der Waals surface area (Å²) >= 11 is 0. The van der Waals surface area contributed by atoms with Crippen LogP contribution in [0.25, 0.3) is 11.0 Å². The number of carbonyl (C=O) groups is 1. The summed E-state index contributed by atoms with van der Waals surface area (Å²) in [7, 11) is 0. The number of hydrogen-bond acceptors (Lipinski definition) is 3. The first-order valence-electron chi connectivity index (χ1n) is 10.3. The maximum atomic E-state index is 13.7. The highest BCUT2D eigenvalue weighted by molar-refractivity contribution is 6.14. The monoisotopic (exact) mass is 376 g/mol. The smallest absolute Gasteiger partial charge is 0.259 e. The van der Waals surface area contributed by atoms with Gasteiger partial charge in [-0.3, -0.25) is 4.79 Å². The molecule has 0 spiro atoms. The third kappa shape index (κ3) is 3.19. The molecule has 0 saturated heterocycles. The molecule has 1 aromatic carbocycles. The Morgan fingerprint density at radius 2 is 2.00 bits per heavy atom. The van der Waals surface area contributed by atoms with Gasteiger partial charge in [-0.05, 0) is 57.7 Å². The highest BCUT2D eigenvalue weighted by atomic mass is 16.2. The number of aromatic nitrogens is 3. The molecule has 28 heavy (non-hydrogen) atoms. The molecule has 0 unspecified atom stereocenters. The minimum atomic E-state index is 0.0541. The van der Waals surface area contributed by atoms with Gasteiger partial charge in [-0.25, -0.2) is 9.67 Å². The summed E-state index contributed by atoms with van der Waals surface area (Å²) in [6.45, 7) is 9.78. The van der Waals surface area contributed by atoms with Crippen molar-refractivity contribution in [1.29, 1.82) is 0 Å². The zero-order valence-corrected chi connectivity index (χ0v) is 17.2. The second-order valence-electron chi connectivity index (χ2n) is 7.86. The number of anilines is 1. The molecule has 1 aliphatic heterocycles. The van der Waals surface area contributed by atoms with Gasteiger partial charge in [0.25, 0.3) is 5.91 Å². The van der Waals surface area contributed by atoms with Crippen molar-refractivity contribution in [2.45, 2.75) is 59.9 Å². The normalized spacial score (nSPS) is 13.8.